The van der Waals surface area contributed by atoms with Crippen molar-refractivity contribution in [2.24, 2.45) is 5.73 Å². The highest BCUT2D eigenvalue weighted by Crippen LogP contribution is 2.23. The van der Waals surface area contributed by atoms with Crippen LogP contribution in [0.4, 0.5) is 0 Å². The number of nitrogens with two attached hydrogens (primary N) is 1. The van der Waals surface area contributed by atoms with Gasteiger partial charge in [0.1, 0.15) is 17.5 Å². The Morgan fingerprint density at radius 1 is 1.04 bits per heavy atom. The second-order valence-corrected chi connectivity index (χ2v) is 6.12. The molecule has 1 fully saturated rings. The molecule has 1 aliphatic heterocycles. The lowest BCUT2D eigenvalue weighted by atomic mass is 10.1. The molecule has 2 amide bonds. The van der Waals surface area contributed by atoms with E-state index in [2.05, 4.69) is 0 Å². The third-order valence-corrected chi connectivity index (χ3v) is 4.23. The first-order valence-corrected chi connectivity index (χ1v) is 8.16. The van der Waals surface area contributed by atoms with Crippen molar-refractivity contribution in [1.82, 2.24) is 9.80 Å². The lowest BCUT2D eigenvalue weighted by molar-refractivity contribution is -0.124. The average molecular weight is 339 g/mol. The fourth-order valence-electron chi connectivity index (χ4n) is 2.89. The zero-order chi connectivity index (χ0) is 17.8. The van der Waals surface area contributed by atoms with E-state index in [1.807, 2.05) is 42.3 Å². The van der Waals surface area contributed by atoms with Crippen LogP contribution in [-0.4, -0.2) is 54.3 Å². The highest BCUT2D eigenvalue weighted by Gasteiger charge is 2.33. The molecule has 0 unspecified atom stereocenters. The zero-order valence-corrected chi connectivity index (χ0v) is 14.1. The molecule has 25 heavy (non-hydrogen) atoms. The Labute approximate surface area is 146 Å². The summed E-state index contributed by atoms with van der Waals surface area (Å²) in [6, 6.07) is 15.7. The minimum atomic E-state index is -0.620. The highest BCUT2D eigenvalue weighted by molar-refractivity contribution is 5.97. The first-order chi connectivity index (χ1) is 12.0. The monoisotopic (exact) mass is 339 g/mol. The summed E-state index contributed by atoms with van der Waals surface area (Å²) in [5.41, 5.74) is 5.96. The van der Waals surface area contributed by atoms with Gasteiger partial charge >= 0.3 is 0 Å². The number of hydrogen-bond acceptors (Lipinski definition) is 4. The van der Waals surface area contributed by atoms with Crippen LogP contribution in [0.15, 0.2) is 54.6 Å². The third kappa shape index (κ3) is 3.97. The molecule has 0 aliphatic carbocycles. The van der Waals surface area contributed by atoms with Gasteiger partial charge in [-0.3, -0.25) is 9.59 Å². The third-order valence-electron chi connectivity index (χ3n) is 4.23. The van der Waals surface area contributed by atoms with E-state index in [1.54, 1.807) is 29.2 Å². The molecule has 2 aromatic carbocycles. The van der Waals surface area contributed by atoms with Gasteiger partial charge < -0.3 is 20.3 Å². The molecule has 6 heteroatoms. The van der Waals surface area contributed by atoms with E-state index in [1.165, 1.54) is 0 Å². The molecule has 0 radical (unpaired) electrons. The van der Waals surface area contributed by atoms with Gasteiger partial charge in [-0.15, -0.1) is 0 Å². The second-order valence-electron chi connectivity index (χ2n) is 6.12. The number of primary amides is 1. The molecule has 1 saturated heterocycles. The van der Waals surface area contributed by atoms with Crippen LogP contribution >= 0.6 is 0 Å². The number of nitrogens with zero attached hydrogens (tertiary/aromatic N) is 2. The minimum absolute atomic E-state index is 0.213. The van der Waals surface area contributed by atoms with Crippen LogP contribution < -0.4 is 10.5 Å². The predicted molar refractivity (Wildman–Crippen MR) is 94.5 cm³/mol. The number of hydrogen-bond donors (Lipinski definition) is 1. The van der Waals surface area contributed by atoms with Crippen LogP contribution in [-0.2, 0) is 4.79 Å². The molecule has 0 spiro atoms. The van der Waals surface area contributed by atoms with Gasteiger partial charge in [0, 0.05) is 25.2 Å². The number of likely N-dealkylation sites (N-methyl/N-ethyl adjacent to an activating group) is 1. The van der Waals surface area contributed by atoms with Gasteiger partial charge in [-0.2, -0.15) is 0 Å². The summed E-state index contributed by atoms with van der Waals surface area (Å²) in [5, 5.41) is 0. The van der Waals surface area contributed by atoms with E-state index in [0.29, 0.717) is 36.7 Å². The SMILES string of the molecule is CN1CCN(C(=O)c2cccc(Oc3ccccc3)c2)[C@H](C(N)=O)C1. The summed E-state index contributed by atoms with van der Waals surface area (Å²) in [6.45, 7) is 1.61. The van der Waals surface area contributed by atoms with Gasteiger partial charge in [-0.25, -0.2) is 0 Å². The van der Waals surface area contributed by atoms with E-state index in [9.17, 15) is 9.59 Å². The van der Waals surface area contributed by atoms with Crippen molar-refractivity contribution in [1.29, 1.82) is 0 Å². The number of amides is 2. The van der Waals surface area contributed by atoms with E-state index < -0.39 is 11.9 Å². The van der Waals surface area contributed by atoms with Crippen molar-refractivity contribution in [3.63, 3.8) is 0 Å². The summed E-state index contributed by atoms with van der Waals surface area (Å²) in [6.07, 6.45) is 0. The van der Waals surface area contributed by atoms with Crippen LogP contribution in [0.25, 0.3) is 0 Å². The molecule has 130 valence electrons. The Hall–Kier alpha value is -2.86. The molecule has 1 aliphatic rings. The molecule has 0 bridgehead atoms. The Balaban J connectivity index is 1.80. The molecule has 3 rings (SSSR count). The molecule has 0 aromatic heterocycles. The first kappa shape index (κ1) is 17.0. The summed E-state index contributed by atoms with van der Waals surface area (Å²) < 4.78 is 5.78. The average Bonchev–Trinajstić information content (AvgIpc) is 2.62. The minimum Gasteiger partial charge on any atom is -0.457 e. The summed E-state index contributed by atoms with van der Waals surface area (Å²) in [5.74, 6) is 0.565. The van der Waals surface area contributed by atoms with Gasteiger partial charge in [-0.1, -0.05) is 24.3 Å². The molecule has 1 heterocycles. The highest BCUT2D eigenvalue weighted by atomic mass is 16.5. The van der Waals surface area contributed by atoms with Gasteiger partial charge in [0.25, 0.3) is 5.91 Å². The van der Waals surface area contributed by atoms with E-state index in [-0.39, 0.29) is 5.91 Å². The Kier molecular flexibility index (Phi) is 5.00. The normalized spacial score (nSPS) is 18.0. The summed E-state index contributed by atoms with van der Waals surface area (Å²) >= 11 is 0. The maximum Gasteiger partial charge on any atom is 0.254 e. The molecule has 2 aromatic rings. The molecule has 6 nitrogen and oxygen atoms in total. The van der Waals surface area contributed by atoms with Crippen molar-refractivity contribution < 1.29 is 14.3 Å². The van der Waals surface area contributed by atoms with Crippen LogP contribution in [0.5, 0.6) is 11.5 Å². The zero-order valence-electron chi connectivity index (χ0n) is 14.1. The van der Waals surface area contributed by atoms with Crippen LogP contribution in [0.3, 0.4) is 0 Å². The van der Waals surface area contributed by atoms with Crippen molar-refractivity contribution >= 4 is 11.8 Å². The van der Waals surface area contributed by atoms with Crippen molar-refractivity contribution in [2.45, 2.75) is 6.04 Å². The molecule has 1 atom stereocenters. The summed E-state index contributed by atoms with van der Waals surface area (Å²) in [4.78, 5) is 28.1. The van der Waals surface area contributed by atoms with Gasteiger partial charge in [0.15, 0.2) is 0 Å². The maximum absolute atomic E-state index is 12.9. The Morgan fingerprint density at radius 3 is 2.48 bits per heavy atom. The van der Waals surface area contributed by atoms with E-state index in [0.717, 1.165) is 0 Å². The van der Waals surface area contributed by atoms with Crippen LogP contribution in [0.1, 0.15) is 10.4 Å². The fraction of sp³-hybridized carbons (Fsp3) is 0.263. The smallest absolute Gasteiger partial charge is 0.254 e. The summed E-state index contributed by atoms with van der Waals surface area (Å²) in [7, 11) is 1.91. The Bertz CT molecular complexity index is 764. The molecular weight excluding hydrogens is 318 g/mol. The predicted octanol–water partition coefficient (Wildman–Crippen LogP) is 1.72. The number of carbonyl (C=O) groups excluding carboxylic acids is 2. The first-order valence-electron chi connectivity index (χ1n) is 8.16. The van der Waals surface area contributed by atoms with Crippen molar-refractivity contribution in [3.05, 3.63) is 60.2 Å². The largest absolute Gasteiger partial charge is 0.457 e. The van der Waals surface area contributed by atoms with Crippen molar-refractivity contribution in [2.75, 3.05) is 26.7 Å². The molecule has 2 N–H and O–H groups in total. The maximum atomic E-state index is 12.9. The number of rotatable bonds is 4. The topological polar surface area (TPSA) is 75.9 Å². The lowest BCUT2D eigenvalue weighted by Gasteiger charge is -2.38. The van der Waals surface area contributed by atoms with E-state index in [4.69, 9.17) is 10.5 Å². The number of benzene rings is 2. The van der Waals surface area contributed by atoms with Crippen LogP contribution in [0.2, 0.25) is 0 Å². The van der Waals surface area contributed by atoms with Gasteiger partial charge in [-0.05, 0) is 37.4 Å². The molecular formula is C19H21N3O3. The fourth-order valence-corrected chi connectivity index (χ4v) is 2.89. The van der Waals surface area contributed by atoms with Gasteiger partial charge in [0.05, 0.1) is 0 Å². The van der Waals surface area contributed by atoms with Crippen LogP contribution in [0, 0.1) is 0 Å². The Morgan fingerprint density at radius 2 is 1.76 bits per heavy atom. The standard InChI is InChI=1S/C19H21N3O3/c1-21-10-11-22(17(13-21)18(20)23)19(24)14-6-5-9-16(12-14)25-15-7-3-2-4-8-15/h2-9,12,17H,10-11,13H2,1H3,(H2,20,23)/t17-/m0/s1. The lowest BCUT2D eigenvalue weighted by Crippen LogP contribution is -2.59. The second kappa shape index (κ2) is 7.36. The van der Waals surface area contributed by atoms with E-state index >= 15 is 0 Å². The quantitative estimate of drug-likeness (QED) is 0.920. The number of carbonyl (C=O) groups is 2. The number of piperazine rings is 1. The van der Waals surface area contributed by atoms with Gasteiger partial charge in [0.2, 0.25) is 5.91 Å². The van der Waals surface area contributed by atoms with Crippen molar-refractivity contribution in [3.8, 4) is 11.5 Å². The number of ether oxygens (including phenoxy) is 1. The molecule has 0 saturated carbocycles. The number of para-hydroxylation sites is 1.